The quantitative estimate of drug-likeness (QED) is 0.766. The van der Waals surface area contributed by atoms with Crippen molar-refractivity contribution >= 4 is 34.9 Å². The molecule has 0 saturated carbocycles. The van der Waals surface area contributed by atoms with Crippen LogP contribution in [0.1, 0.15) is 15.9 Å². The van der Waals surface area contributed by atoms with Gasteiger partial charge < -0.3 is 5.73 Å². The maximum absolute atomic E-state index is 11.7. The molecule has 1 aromatic carbocycles. The third kappa shape index (κ3) is 1.62. The van der Waals surface area contributed by atoms with E-state index in [-0.39, 0.29) is 10.8 Å². The number of hydrogen-bond acceptors (Lipinski definition) is 2. The van der Waals surface area contributed by atoms with Gasteiger partial charge in [-0.1, -0.05) is 23.2 Å². The van der Waals surface area contributed by atoms with Crippen LogP contribution in [0.5, 0.6) is 0 Å². The minimum Gasteiger partial charge on any atom is -0.369 e. The molecule has 0 saturated heterocycles. The van der Waals surface area contributed by atoms with Gasteiger partial charge in [0.2, 0.25) is 5.91 Å². The number of benzene rings is 1. The first kappa shape index (κ1) is 10.5. The predicted molar refractivity (Wildman–Crippen MR) is 57.2 cm³/mol. The molecule has 5 heteroatoms. The predicted octanol–water partition coefficient (Wildman–Crippen LogP) is 1.83. The molecule has 15 heavy (non-hydrogen) atoms. The molecule has 0 bridgehead atoms. The number of amides is 1. The normalized spacial score (nSPS) is 19.1. The number of rotatable bonds is 1. The second-order valence-electron chi connectivity index (χ2n) is 3.45. The molecule has 1 aliphatic rings. The van der Waals surface area contributed by atoms with E-state index >= 15 is 0 Å². The van der Waals surface area contributed by atoms with Crippen LogP contribution in [-0.4, -0.2) is 11.7 Å². The smallest absolute Gasteiger partial charge is 0.228 e. The number of halogens is 2. The Kier molecular flexibility index (Phi) is 2.44. The van der Waals surface area contributed by atoms with Gasteiger partial charge in [-0.3, -0.25) is 9.59 Å². The monoisotopic (exact) mass is 243 g/mol. The number of primary amides is 1. The van der Waals surface area contributed by atoms with Crippen LogP contribution in [0.2, 0.25) is 10.0 Å². The average Bonchev–Trinajstić information content (AvgIpc) is 2.42. The highest BCUT2D eigenvalue weighted by molar-refractivity contribution is 6.38. The summed E-state index contributed by atoms with van der Waals surface area (Å²) in [6.45, 7) is 0. The van der Waals surface area contributed by atoms with Crippen molar-refractivity contribution in [3.05, 3.63) is 33.3 Å². The van der Waals surface area contributed by atoms with Gasteiger partial charge in [-0.25, -0.2) is 0 Å². The Bertz CT molecular complexity index is 471. The first-order valence-corrected chi connectivity index (χ1v) is 5.07. The highest BCUT2D eigenvalue weighted by Gasteiger charge is 2.36. The minimum atomic E-state index is -0.795. The molecule has 0 radical (unpaired) electrons. The molecular formula is C10H7Cl2NO2. The lowest BCUT2D eigenvalue weighted by Gasteiger charge is -2.01. The van der Waals surface area contributed by atoms with Gasteiger partial charge in [0.25, 0.3) is 0 Å². The lowest BCUT2D eigenvalue weighted by atomic mass is 10.1. The summed E-state index contributed by atoms with van der Waals surface area (Å²) in [5.41, 5.74) is 6.20. The van der Waals surface area contributed by atoms with Gasteiger partial charge in [0.05, 0.1) is 5.02 Å². The van der Waals surface area contributed by atoms with Gasteiger partial charge in [-0.2, -0.15) is 0 Å². The fourth-order valence-electron chi connectivity index (χ4n) is 1.78. The Balaban J connectivity index is 2.54. The summed E-state index contributed by atoms with van der Waals surface area (Å²) >= 11 is 11.7. The fraction of sp³-hybridized carbons (Fsp3) is 0.200. The van der Waals surface area contributed by atoms with Crippen LogP contribution in [0.4, 0.5) is 0 Å². The van der Waals surface area contributed by atoms with Crippen molar-refractivity contribution in [1.29, 1.82) is 0 Å². The molecule has 0 fully saturated rings. The summed E-state index contributed by atoms with van der Waals surface area (Å²) in [6, 6.07) is 3.13. The van der Waals surface area contributed by atoms with Crippen molar-refractivity contribution < 1.29 is 9.59 Å². The maximum atomic E-state index is 11.7. The molecule has 0 spiro atoms. The summed E-state index contributed by atoms with van der Waals surface area (Å²) in [7, 11) is 0. The number of nitrogens with two attached hydrogens (primary N) is 1. The summed E-state index contributed by atoms with van der Waals surface area (Å²) in [5, 5.41) is 0.739. The zero-order valence-electron chi connectivity index (χ0n) is 7.59. The van der Waals surface area contributed by atoms with Crippen LogP contribution in [0, 0.1) is 5.92 Å². The first-order chi connectivity index (χ1) is 7.00. The minimum absolute atomic E-state index is 0.284. The van der Waals surface area contributed by atoms with Crippen LogP contribution in [0.15, 0.2) is 12.1 Å². The second kappa shape index (κ2) is 3.51. The van der Waals surface area contributed by atoms with Crippen molar-refractivity contribution in [2.24, 2.45) is 11.7 Å². The highest BCUT2D eigenvalue weighted by Crippen LogP contribution is 2.34. The molecule has 0 heterocycles. The van der Waals surface area contributed by atoms with E-state index in [1.54, 1.807) is 6.07 Å². The molecule has 1 amide bonds. The van der Waals surface area contributed by atoms with Gasteiger partial charge in [0.1, 0.15) is 5.92 Å². The van der Waals surface area contributed by atoms with Gasteiger partial charge in [0.15, 0.2) is 5.78 Å². The van der Waals surface area contributed by atoms with Crippen molar-refractivity contribution in [3.8, 4) is 0 Å². The van der Waals surface area contributed by atoms with Crippen LogP contribution in [0.3, 0.4) is 0 Å². The summed E-state index contributed by atoms with van der Waals surface area (Å²) in [6.07, 6.45) is 0.295. The molecule has 2 N–H and O–H groups in total. The standard InChI is InChI=1S/C10H7Cl2NO2/c11-5-1-4-2-6(10(13)15)9(14)8(4)7(12)3-5/h1,3,6H,2H2,(H2,13,15). The number of Topliss-reactive ketones (excluding diaryl/α,β-unsaturated/α-hetero) is 1. The number of fused-ring (bicyclic) bond motifs is 1. The van der Waals surface area contributed by atoms with Crippen LogP contribution in [-0.2, 0) is 11.2 Å². The Morgan fingerprint density at radius 3 is 2.67 bits per heavy atom. The molecule has 0 aromatic heterocycles. The molecule has 1 aromatic rings. The Hall–Kier alpha value is -1.06. The van der Waals surface area contributed by atoms with Gasteiger partial charge >= 0.3 is 0 Å². The third-order valence-electron chi connectivity index (χ3n) is 2.47. The van der Waals surface area contributed by atoms with E-state index in [4.69, 9.17) is 28.9 Å². The van der Waals surface area contributed by atoms with E-state index in [1.165, 1.54) is 6.07 Å². The van der Waals surface area contributed by atoms with Crippen molar-refractivity contribution in [2.75, 3.05) is 0 Å². The van der Waals surface area contributed by atoms with Crippen LogP contribution < -0.4 is 5.73 Å². The van der Waals surface area contributed by atoms with Crippen molar-refractivity contribution in [2.45, 2.75) is 6.42 Å². The number of ketones is 1. The van der Waals surface area contributed by atoms with E-state index in [0.717, 1.165) is 0 Å². The van der Waals surface area contributed by atoms with Crippen LogP contribution in [0.25, 0.3) is 0 Å². The van der Waals surface area contributed by atoms with Crippen molar-refractivity contribution in [1.82, 2.24) is 0 Å². The van der Waals surface area contributed by atoms with Gasteiger partial charge in [0, 0.05) is 10.6 Å². The molecule has 1 aliphatic carbocycles. The number of carbonyl (C=O) groups is 2. The molecule has 3 nitrogen and oxygen atoms in total. The molecule has 0 aliphatic heterocycles. The molecule has 78 valence electrons. The molecular weight excluding hydrogens is 237 g/mol. The molecule has 1 unspecified atom stereocenters. The van der Waals surface area contributed by atoms with E-state index in [1.807, 2.05) is 0 Å². The highest BCUT2D eigenvalue weighted by atomic mass is 35.5. The Morgan fingerprint density at radius 2 is 2.07 bits per heavy atom. The van der Waals surface area contributed by atoms with E-state index in [2.05, 4.69) is 0 Å². The van der Waals surface area contributed by atoms with Crippen LogP contribution >= 0.6 is 23.2 Å². The topological polar surface area (TPSA) is 60.2 Å². The lowest BCUT2D eigenvalue weighted by Crippen LogP contribution is -2.27. The molecule has 2 rings (SSSR count). The first-order valence-electron chi connectivity index (χ1n) is 4.32. The second-order valence-corrected chi connectivity index (χ2v) is 4.29. The zero-order chi connectivity index (χ0) is 11.2. The maximum Gasteiger partial charge on any atom is 0.228 e. The Morgan fingerprint density at radius 1 is 1.40 bits per heavy atom. The number of hydrogen-bond donors (Lipinski definition) is 1. The van der Waals surface area contributed by atoms with Gasteiger partial charge in [-0.15, -0.1) is 0 Å². The molecule has 1 atom stereocenters. The lowest BCUT2D eigenvalue weighted by molar-refractivity contribution is -0.120. The van der Waals surface area contributed by atoms with Gasteiger partial charge in [-0.05, 0) is 24.1 Å². The van der Waals surface area contributed by atoms with E-state index in [0.29, 0.717) is 22.6 Å². The average molecular weight is 244 g/mol. The van der Waals surface area contributed by atoms with E-state index in [9.17, 15) is 9.59 Å². The largest absolute Gasteiger partial charge is 0.369 e. The van der Waals surface area contributed by atoms with E-state index < -0.39 is 11.8 Å². The summed E-state index contributed by atoms with van der Waals surface area (Å²) in [5.74, 6) is -1.72. The zero-order valence-corrected chi connectivity index (χ0v) is 9.10. The fourth-order valence-corrected chi connectivity index (χ4v) is 2.41. The third-order valence-corrected chi connectivity index (χ3v) is 2.98. The van der Waals surface area contributed by atoms with Crippen molar-refractivity contribution in [3.63, 3.8) is 0 Å². The summed E-state index contributed by atoms with van der Waals surface area (Å²) in [4.78, 5) is 22.7. The summed E-state index contributed by atoms with van der Waals surface area (Å²) < 4.78 is 0. The number of carbonyl (C=O) groups excluding carboxylic acids is 2. The SMILES string of the molecule is NC(=O)C1Cc2cc(Cl)cc(Cl)c2C1=O. The Labute approximate surface area is 96.2 Å².